The molecule has 8 nitrogen and oxygen atoms in total. The maximum Gasteiger partial charge on any atom is 0.334 e. The van der Waals surface area contributed by atoms with Crippen molar-refractivity contribution in [1.82, 2.24) is 4.90 Å². The van der Waals surface area contributed by atoms with E-state index in [1.807, 2.05) is 0 Å². The van der Waals surface area contributed by atoms with Crippen molar-refractivity contribution in [1.29, 1.82) is 5.41 Å². The highest BCUT2D eigenvalue weighted by Gasteiger charge is 2.15. The van der Waals surface area contributed by atoms with E-state index in [9.17, 15) is 0 Å². The molecule has 30 heavy (non-hydrogen) atoms. The molecule has 0 aromatic heterocycles. The molecule has 0 spiro atoms. The monoisotopic (exact) mass is 491 g/mol. The molecule has 0 unspecified atom stereocenters. The van der Waals surface area contributed by atoms with Gasteiger partial charge in [0, 0.05) is 42.0 Å². The number of hydrogen-bond donors (Lipinski definition) is 3. The summed E-state index contributed by atoms with van der Waals surface area (Å²) in [5.74, 6) is 5.23. The van der Waals surface area contributed by atoms with E-state index in [2.05, 4.69) is 85.8 Å². The Balaban J connectivity index is 0.000000214. The third-order valence-electron chi connectivity index (χ3n) is 4.45. The highest BCUT2D eigenvalue weighted by atomic mass is 79.9. The first-order valence-corrected chi connectivity index (χ1v) is 10.6. The molecule has 2 aromatic carbocycles. The van der Waals surface area contributed by atoms with Crippen molar-refractivity contribution in [3.05, 3.63) is 52.5 Å². The number of thiocarbonyl (C=S) groups is 1. The van der Waals surface area contributed by atoms with Crippen LogP contribution in [0.25, 0.3) is 0 Å². The maximum absolute atomic E-state index is 7.16. The normalized spacial score (nSPS) is 14.0. The molecular weight excluding hydrogens is 466 g/mol. The first-order valence-electron chi connectivity index (χ1n) is 9.30. The Morgan fingerprint density at radius 3 is 2.43 bits per heavy atom. The van der Waals surface area contributed by atoms with Crippen LogP contribution < -0.4 is 20.8 Å². The molecule has 0 bridgehead atoms. The first-order chi connectivity index (χ1) is 14.4. The van der Waals surface area contributed by atoms with Gasteiger partial charge in [0.15, 0.2) is 0 Å². The van der Waals surface area contributed by atoms with Crippen LogP contribution >= 0.6 is 28.1 Å². The fourth-order valence-electron chi connectivity index (χ4n) is 2.89. The molecule has 1 heterocycles. The number of aryl methyl sites for hydroxylation is 1. The summed E-state index contributed by atoms with van der Waals surface area (Å²) in [5, 5.41) is 16.1. The zero-order valence-electron chi connectivity index (χ0n) is 17.0. The Kier molecular flexibility index (Phi) is 9.65. The number of piperazine rings is 1. The Hall–Kier alpha value is -2.56. The third kappa shape index (κ3) is 7.69. The van der Waals surface area contributed by atoms with Crippen molar-refractivity contribution in [2.24, 2.45) is 16.2 Å². The van der Waals surface area contributed by atoms with E-state index < -0.39 is 0 Å². The Morgan fingerprint density at radius 2 is 1.87 bits per heavy atom. The summed E-state index contributed by atoms with van der Waals surface area (Å²) in [6, 6.07) is 13.0. The van der Waals surface area contributed by atoms with E-state index >= 15 is 0 Å². The SMILES string of the molecule is Cc1cc(Br)ccc1N1CCN(C)CC1.N=C(/N=N\N)Oc1ccc(NC=S)cc1. The van der Waals surface area contributed by atoms with Gasteiger partial charge in [-0.1, -0.05) is 38.5 Å². The predicted molar refractivity (Wildman–Crippen MR) is 130 cm³/mol. The van der Waals surface area contributed by atoms with Crippen LogP contribution in [0.1, 0.15) is 5.56 Å². The number of nitrogens with two attached hydrogens (primary N) is 1. The molecule has 10 heteroatoms. The summed E-state index contributed by atoms with van der Waals surface area (Å²) in [6.45, 7) is 6.78. The number of hydrogen-bond acceptors (Lipinski definition) is 6. The second-order valence-corrected chi connectivity index (χ2v) is 7.78. The number of amidine groups is 1. The quantitative estimate of drug-likeness (QED) is 0.148. The van der Waals surface area contributed by atoms with E-state index in [1.165, 1.54) is 16.7 Å². The standard InChI is InChI=1S/C12H17BrN2.C8H9N5OS/c1-10-9-11(13)3-4-12(10)15-7-5-14(2)6-8-15;9-8(12-13-10)14-7-3-1-6(2-4-7)11-5-15/h3-4,9H,5-8H2,1-2H3;1-5H,(H,11,15)(H3,9,10,12). The third-order valence-corrected chi connectivity index (χ3v) is 5.06. The molecule has 1 saturated heterocycles. The number of rotatable bonds is 4. The molecule has 0 aliphatic carbocycles. The first kappa shape index (κ1) is 23.7. The molecule has 0 saturated carbocycles. The van der Waals surface area contributed by atoms with Gasteiger partial charge < -0.3 is 25.7 Å². The summed E-state index contributed by atoms with van der Waals surface area (Å²) in [5.41, 5.74) is 4.98. The van der Waals surface area contributed by atoms with Crippen LogP contribution in [0.3, 0.4) is 0 Å². The second kappa shape index (κ2) is 12.2. The van der Waals surface area contributed by atoms with Gasteiger partial charge in [-0.15, -0.1) is 0 Å². The molecule has 1 fully saturated rings. The molecule has 2 aromatic rings. The van der Waals surface area contributed by atoms with Crippen molar-refractivity contribution in [3.63, 3.8) is 0 Å². The molecule has 3 rings (SSSR count). The van der Waals surface area contributed by atoms with Crippen LogP contribution in [0.2, 0.25) is 0 Å². The average Bonchev–Trinajstić information content (AvgIpc) is 2.71. The molecule has 0 radical (unpaired) electrons. The fraction of sp³-hybridized carbons (Fsp3) is 0.300. The van der Waals surface area contributed by atoms with E-state index in [-0.39, 0.29) is 6.02 Å². The minimum absolute atomic E-state index is 0.368. The lowest BCUT2D eigenvalue weighted by Gasteiger charge is -2.34. The van der Waals surface area contributed by atoms with Crippen LogP contribution in [-0.2, 0) is 0 Å². The Bertz CT molecular complexity index is 868. The zero-order valence-corrected chi connectivity index (χ0v) is 19.4. The van der Waals surface area contributed by atoms with Crippen molar-refractivity contribution < 1.29 is 4.74 Å². The van der Waals surface area contributed by atoms with Gasteiger partial charge in [-0.3, -0.25) is 0 Å². The van der Waals surface area contributed by atoms with E-state index in [4.69, 9.17) is 16.0 Å². The van der Waals surface area contributed by atoms with Gasteiger partial charge in [-0.05, 0) is 62.0 Å². The van der Waals surface area contributed by atoms with Gasteiger partial charge in [0.2, 0.25) is 0 Å². The summed E-state index contributed by atoms with van der Waals surface area (Å²) in [4.78, 5) is 4.85. The van der Waals surface area contributed by atoms with Crippen LogP contribution in [0, 0.1) is 12.3 Å². The maximum atomic E-state index is 7.16. The smallest absolute Gasteiger partial charge is 0.334 e. The second-order valence-electron chi connectivity index (χ2n) is 6.63. The van der Waals surface area contributed by atoms with Crippen molar-refractivity contribution in [2.75, 3.05) is 43.4 Å². The highest BCUT2D eigenvalue weighted by molar-refractivity contribution is 9.10. The van der Waals surface area contributed by atoms with Gasteiger partial charge in [0.25, 0.3) is 0 Å². The fourth-order valence-corrected chi connectivity index (χ4v) is 3.50. The van der Waals surface area contributed by atoms with Crippen LogP contribution in [0.4, 0.5) is 11.4 Å². The van der Waals surface area contributed by atoms with Gasteiger partial charge in [0.1, 0.15) is 5.75 Å². The number of nitrogens with zero attached hydrogens (tertiary/aromatic N) is 4. The lowest BCUT2D eigenvalue weighted by Crippen LogP contribution is -2.44. The lowest BCUT2D eigenvalue weighted by atomic mass is 10.1. The predicted octanol–water partition coefficient (Wildman–Crippen LogP) is 4.20. The van der Waals surface area contributed by atoms with Crippen molar-refractivity contribution >= 4 is 51.0 Å². The summed E-state index contributed by atoms with van der Waals surface area (Å²) < 4.78 is 6.13. The lowest BCUT2D eigenvalue weighted by molar-refractivity contribution is 0.312. The minimum atomic E-state index is -0.368. The van der Waals surface area contributed by atoms with Gasteiger partial charge >= 0.3 is 6.02 Å². The van der Waals surface area contributed by atoms with E-state index in [0.29, 0.717) is 5.75 Å². The molecular formula is C20H26BrN7OS. The van der Waals surface area contributed by atoms with E-state index in [1.54, 1.807) is 24.3 Å². The van der Waals surface area contributed by atoms with Gasteiger partial charge in [-0.25, -0.2) is 5.41 Å². The summed E-state index contributed by atoms with van der Waals surface area (Å²) in [7, 11) is 2.19. The summed E-state index contributed by atoms with van der Waals surface area (Å²) in [6.07, 6.45) is 0. The molecule has 1 aliphatic rings. The molecule has 4 N–H and O–H groups in total. The van der Waals surface area contributed by atoms with Gasteiger partial charge in [-0.2, -0.15) is 0 Å². The highest BCUT2D eigenvalue weighted by Crippen LogP contribution is 2.24. The molecule has 160 valence electrons. The average molecular weight is 492 g/mol. The van der Waals surface area contributed by atoms with E-state index in [0.717, 1.165) is 36.3 Å². The number of benzene rings is 2. The van der Waals surface area contributed by atoms with Crippen LogP contribution in [-0.4, -0.2) is 49.6 Å². The molecule has 1 aliphatic heterocycles. The zero-order chi connectivity index (χ0) is 21.9. The summed E-state index contributed by atoms with van der Waals surface area (Å²) >= 11 is 8.13. The molecule has 0 amide bonds. The van der Waals surface area contributed by atoms with Crippen molar-refractivity contribution in [3.8, 4) is 5.75 Å². The topological polar surface area (TPSA) is 102 Å². The Labute approximate surface area is 190 Å². The minimum Gasteiger partial charge on any atom is -0.424 e. The largest absolute Gasteiger partial charge is 0.424 e. The number of nitrogens with one attached hydrogen (secondary N) is 2. The number of likely N-dealkylation sites (N-methyl/N-ethyl adjacent to an activating group) is 1. The molecule has 0 atom stereocenters. The van der Waals surface area contributed by atoms with Crippen LogP contribution in [0.5, 0.6) is 5.75 Å². The van der Waals surface area contributed by atoms with Crippen molar-refractivity contribution in [2.45, 2.75) is 6.92 Å². The number of ether oxygens (including phenoxy) is 1. The van der Waals surface area contributed by atoms with Crippen LogP contribution in [0.15, 0.2) is 57.3 Å². The number of anilines is 2. The number of halogens is 1. The van der Waals surface area contributed by atoms with Gasteiger partial charge in [0.05, 0.1) is 5.49 Å². The Morgan fingerprint density at radius 1 is 1.20 bits per heavy atom.